The van der Waals surface area contributed by atoms with Gasteiger partial charge in [-0.15, -0.1) is 10.2 Å². The zero-order valence-corrected chi connectivity index (χ0v) is 16.0. The molecule has 0 bridgehead atoms. The van der Waals surface area contributed by atoms with Crippen LogP contribution >= 0.6 is 11.8 Å². The lowest BCUT2D eigenvalue weighted by molar-refractivity contribution is -0.137. The lowest BCUT2D eigenvalue weighted by Crippen LogP contribution is -2.04. The van der Waals surface area contributed by atoms with Crippen molar-refractivity contribution in [1.82, 2.24) is 10.2 Å². The first-order chi connectivity index (χ1) is 13.4. The first-order valence-corrected chi connectivity index (χ1v) is 9.24. The van der Waals surface area contributed by atoms with Gasteiger partial charge >= 0.3 is 6.18 Å². The van der Waals surface area contributed by atoms with Gasteiger partial charge in [0.1, 0.15) is 5.03 Å². The van der Waals surface area contributed by atoms with Crippen LogP contribution in [-0.4, -0.2) is 24.4 Å². The summed E-state index contributed by atoms with van der Waals surface area (Å²) in [6.07, 6.45) is -4.32. The smallest absolute Gasteiger partial charge is 0.416 e. The average molecular weight is 406 g/mol. The number of thioether (sulfide) groups is 1. The molecule has 0 amide bonds. The van der Waals surface area contributed by atoms with Gasteiger partial charge in [-0.2, -0.15) is 13.2 Å². The number of hydrogen-bond acceptors (Lipinski definition) is 5. The lowest BCUT2D eigenvalue weighted by Gasteiger charge is -2.09. The third-order valence-electron chi connectivity index (χ3n) is 3.99. The summed E-state index contributed by atoms with van der Waals surface area (Å²) < 4.78 is 48.3. The van der Waals surface area contributed by atoms with Crippen molar-refractivity contribution < 1.29 is 22.6 Å². The number of nitrogens with zero attached hydrogens (tertiary/aromatic N) is 2. The molecule has 0 aliphatic rings. The fourth-order valence-electron chi connectivity index (χ4n) is 2.49. The highest BCUT2D eigenvalue weighted by Crippen LogP contribution is 2.32. The standard InChI is InChI=1S/C20H17F3N2O2S/c1-26-17-9-5-14(11-18(17)27-2)16-8-10-19(25-24-16)28-12-13-3-6-15(7-4-13)20(21,22)23/h3-11H,12H2,1-2H3. The van der Waals surface area contributed by atoms with E-state index in [1.165, 1.54) is 23.9 Å². The third-order valence-corrected chi connectivity index (χ3v) is 4.98. The topological polar surface area (TPSA) is 44.2 Å². The molecule has 0 aliphatic carbocycles. The van der Waals surface area contributed by atoms with E-state index in [2.05, 4.69) is 10.2 Å². The van der Waals surface area contributed by atoms with Crippen LogP contribution in [0.15, 0.2) is 59.6 Å². The molecule has 3 aromatic rings. The number of aromatic nitrogens is 2. The van der Waals surface area contributed by atoms with Gasteiger partial charge in [0.25, 0.3) is 0 Å². The van der Waals surface area contributed by atoms with Crippen LogP contribution in [0.4, 0.5) is 13.2 Å². The van der Waals surface area contributed by atoms with Crippen LogP contribution in [-0.2, 0) is 11.9 Å². The minimum atomic E-state index is -4.32. The summed E-state index contributed by atoms with van der Waals surface area (Å²) >= 11 is 1.40. The zero-order valence-electron chi connectivity index (χ0n) is 15.2. The predicted molar refractivity (Wildman–Crippen MR) is 102 cm³/mol. The number of ether oxygens (including phenoxy) is 2. The molecule has 2 aromatic carbocycles. The van der Waals surface area contributed by atoms with Crippen molar-refractivity contribution in [2.75, 3.05) is 14.2 Å². The highest BCUT2D eigenvalue weighted by Gasteiger charge is 2.29. The number of methoxy groups -OCH3 is 2. The van der Waals surface area contributed by atoms with Crippen LogP contribution < -0.4 is 9.47 Å². The molecule has 0 spiro atoms. The van der Waals surface area contributed by atoms with Gasteiger partial charge in [0.15, 0.2) is 11.5 Å². The monoisotopic (exact) mass is 406 g/mol. The van der Waals surface area contributed by atoms with E-state index in [1.54, 1.807) is 20.3 Å². The van der Waals surface area contributed by atoms with Crippen molar-refractivity contribution in [1.29, 1.82) is 0 Å². The number of halogens is 3. The zero-order chi connectivity index (χ0) is 20.1. The maximum absolute atomic E-state index is 12.6. The summed E-state index contributed by atoms with van der Waals surface area (Å²) in [5, 5.41) is 9.09. The molecule has 0 atom stereocenters. The Balaban J connectivity index is 1.66. The molecular formula is C20H17F3N2O2S. The van der Waals surface area contributed by atoms with E-state index >= 15 is 0 Å². The molecule has 146 valence electrons. The number of alkyl halides is 3. The van der Waals surface area contributed by atoms with Crippen LogP contribution in [0.2, 0.25) is 0 Å². The lowest BCUT2D eigenvalue weighted by atomic mass is 10.1. The van der Waals surface area contributed by atoms with Crippen LogP contribution in [0.3, 0.4) is 0 Å². The Hall–Kier alpha value is -2.74. The molecule has 0 fully saturated rings. The van der Waals surface area contributed by atoms with Crippen molar-refractivity contribution in [2.24, 2.45) is 0 Å². The van der Waals surface area contributed by atoms with E-state index in [-0.39, 0.29) is 0 Å². The van der Waals surface area contributed by atoms with Gasteiger partial charge < -0.3 is 9.47 Å². The predicted octanol–water partition coefficient (Wildman–Crippen LogP) is 5.47. The summed E-state index contributed by atoms with van der Waals surface area (Å²) in [6.45, 7) is 0. The number of benzene rings is 2. The van der Waals surface area contributed by atoms with Crippen LogP contribution in [0.5, 0.6) is 11.5 Å². The normalized spacial score (nSPS) is 11.3. The maximum Gasteiger partial charge on any atom is 0.416 e. The maximum atomic E-state index is 12.6. The second-order valence-corrected chi connectivity index (χ2v) is 6.81. The number of rotatable bonds is 6. The van der Waals surface area contributed by atoms with Crippen molar-refractivity contribution >= 4 is 11.8 Å². The van der Waals surface area contributed by atoms with E-state index in [9.17, 15) is 13.2 Å². The van der Waals surface area contributed by atoms with E-state index in [0.717, 1.165) is 23.3 Å². The minimum Gasteiger partial charge on any atom is -0.493 e. The molecule has 0 radical (unpaired) electrons. The van der Waals surface area contributed by atoms with Gasteiger partial charge in [0.2, 0.25) is 0 Å². The van der Waals surface area contributed by atoms with Crippen molar-refractivity contribution in [3.8, 4) is 22.8 Å². The van der Waals surface area contributed by atoms with E-state index in [4.69, 9.17) is 9.47 Å². The molecule has 3 rings (SSSR count). The highest BCUT2D eigenvalue weighted by molar-refractivity contribution is 7.98. The molecule has 0 saturated carbocycles. The first-order valence-electron chi connectivity index (χ1n) is 8.26. The molecule has 28 heavy (non-hydrogen) atoms. The second kappa shape index (κ2) is 8.52. The Morgan fingerprint density at radius 1 is 0.857 bits per heavy atom. The molecule has 1 heterocycles. The van der Waals surface area contributed by atoms with E-state index in [1.807, 2.05) is 24.3 Å². The Morgan fingerprint density at radius 2 is 1.57 bits per heavy atom. The largest absolute Gasteiger partial charge is 0.493 e. The van der Waals surface area contributed by atoms with Gasteiger partial charge in [-0.1, -0.05) is 23.9 Å². The average Bonchev–Trinajstić information content (AvgIpc) is 2.71. The molecular weight excluding hydrogens is 389 g/mol. The van der Waals surface area contributed by atoms with Crippen molar-refractivity contribution in [3.63, 3.8) is 0 Å². The Labute approximate surface area is 164 Å². The molecule has 0 saturated heterocycles. The summed E-state index contributed by atoms with van der Waals surface area (Å²) in [4.78, 5) is 0. The van der Waals surface area contributed by atoms with Gasteiger partial charge in [-0.05, 0) is 48.0 Å². The second-order valence-electron chi connectivity index (χ2n) is 5.81. The van der Waals surface area contributed by atoms with Crippen molar-refractivity contribution in [3.05, 3.63) is 65.7 Å². The minimum absolute atomic E-state index is 0.503. The number of hydrogen-bond donors (Lipinski definition) is 0. The van der Waals surface area contributed by atoms with E-state index < -0.39 is 11.7 Å². The quantitative estimate of drug-likeness (QED) is 0.508. The first kappa shape index (κ1) is 20.0. The summed E-state index contributed by atoms with van der Waals surface area (Å²) in [5.41, 5.74) is 1.65. The van der Waals surface area contributed by atoms with Gasteiger partial charge in [0, 0.05) is 11.3 Å². The Morgan fingerprint density at radius 3 is 2.14 bits per heavy atom. The summed E-state index contributed by atoms with van der Waals surface area (Å²) in [5.74, 6) is 1.73. The van der Waals surface area contributed by atoms with Crippen LogP contribution in [0, 0.1) is 0 Å². The van der Waals surface area contributed by atoms with Gasteiger partial charge in [0.05, 0.1) is 25.5 Å². The fourth-order valence-corrected chi connectivity index (χ4v) is 3.26. The molecule has 0 N–H and O–H groups in total. The summed E-state index contributed by atoms with van der Waals surface area (Å²) in [6, 6.07) is 14.3. The molecule has 8 heteroatoms. The van der Waals surface area contributed by atoms with Crippen molar-refractivity contribution in [2.45, 2.75) is 17.0 Å². The van der Waals surface area contributed by atoms with Crippen LogP contribution in [0.25, 0.3) is 11.3 Å². The SMILES string of the molecule is COc1ccc(-c2ccc(SCc3ccc(C(F)(F)F)cc3)nn2)cc1OC. The van der Waals surface area contributed by atoms with Gasteiger partial charge in [-0.25, -0.2) is 0 Å². The molecule has 0 aliphatic heterocycles. The van der Waals surface area contributed by atoms with E-state index in [0.29, 0.717) is 28.0 Å². The summed E-state index contributed by atoms with van der Waals surface area (Å²) in [7, 11) is 3.13. The highest BCUT2D eigenvalue weighted by atomic mass is 32.2. The molecule has 0 unspecified atom stereocenters. The molecule has 4 nitrogen and oxygen atoms in total. The molecule has 1 aromatic heterocycles. The Bertz CT molecular complexity index is 930. The third kappa shape index (κ3) is 4.75. The van der Waals surface area contributed by atoms with Crippen LogP contribution in [0.1, 0.15) is 11.1 Å². The van der Waals surface area contributed by atoms with Gasteiger partial charge in [-0.3, -0.25) is 0 Å². The Kier molecular flexibility index (Phi) is 6.08. The fraction of sp³-hybridized carbons (Fsp3) is 0.200.